The number of benzene rings is 1. The summed E-state index contributed by atoms with van der Waals surface area (Å²) in [6, 6.07) is 7.48. The third kappa shape index (κ3) is 4.06. The molecule has 3 aromatic rings. The second kappa shape index (κ2) is 6.68. The minimum atomic E-state index is -0.514. The number of aromatic nitrogens is 2. The number of carbonyl (C=O) groups excluding carboxylic acids is 2. The molecule has 1 aromatic carbocycles. The van der Waals surface area contributed by atoms with Gasteiger partial charge in [-0.05, 0) is 12.1 Å². The Morgan fingerprint density at radius 1 is 1.20 bits per heavy atom. The van der Waals surface area contributed by atoms with Crippen molar-refractivity contribution < 1.29 is 9.59 Å². The van der Waals surface area contributed by atoms with Gasteiger partial charge in [-0.25, -0.2) is 4.98 Å². The van der Waals surface area contributed by atoms with Crippen molar-refractivity contribution in [3.8, 4) is 11.3 Å². The highest BCUT2D eigenvalue weighted by Crippen LogP contribution is 2.23. The van der Waals surface area contributed by atoms with Crippen LogP contribution in [-0.2, 0) is 9.59 Å². The van der Waals surface area contributed by atoms with Crippen LogP contribution in [0.3, 0.4) is 0 Å². The van der Waals surface area contributed by atoms with E-state index in [1.807, 2.05) is 46.4 Å². The number of amides is 2. The summed E-state index contributed by atoms with van der Waals surface area (Å²) >= 11 is 1.58. The van der Waals surface area contributed by atoms with Crippen LogP contribution in [0.15, 0.2) is 42.0 Å². The molecule has 2 N–H and O–H groups in total. The number of hydrogen-bond donors (Lipinski definition) is 2. The standard InChI is InChI=1S/C18H20N4O2S/c1-18(2,3)16(24)19-10-15(23)20-13-6-4-12(5-7-13)14-11-22-8-9-25-17(22)21-14/h4-9,11H,10H2,1-3H3,(H,19,24)(H,20,23). The predicted octanol–water partition coefficient (Wildman–Crippen LogP) is 3.16. The number of nitrogens with one attached hydrogen (secondary N) is 2. The number of hydrogen-bond acceptors (Lipinski definition) is 4. The predicted molar refractivity (Wildman–Crippen MR) is 99.6 cm³/mol. The van der Waals surface area contributed by atoms with E-state index >= 15 is 0 Å². The molecule has 6 nitrogen and oxygen atoms in total. The van der Waals surface area contributed by atoms with Crippen LogP contribution in [0.4, 0.5) is 5.69 Å². The minimum Gasteiger partial charge on any atom is -0.347 e. The van der Waals surface area contributed by atoms with Crippen LogP contribution in [0.1, 0.15) is 20.8 Å². The fourth-order valence-electron chi connectivity index (χ4n) is 2.22. The normalized spacial score (nSPS) is 11.5. The molecule has 0 saturated carbocycles. The van der Waals surface area contributed by atoms with E-state index in [2.05, 4.69) is 15.6 Å². The third-order valence-electron chi connectivity index (χ3n) is 3.65. The Morgan fingerprint density at radius 2 is 1.92 bits per heavy atom. The topological polar surface area (TPSA) is 75.5 Å². The van der Waals surface area contributed by atoms with Gasteiger partial charge in [0.15, 0.2) is 4.96 Å². The number of rotatable bonds is 4. The summed E-state index contributed by atoms with van der Waals surface area (Å²) < 4.78 is 1.98. The zero-order valence-corrected chi connectivity index (χ0v) is 15.2. The van der Waals surface area contributed by atoms with Gasteiger partial charge in [0.1, 0.15) is 0 Å². The average Bonchev–Trinajstić information content (AvgIpc) is 3.14. The summed E-state index contributed by atoms with van der Waals surface area (Å²) in [7, 11) is 0. The molecule has 130 valence electrons. The number of fused-ring (bicyclic) bond motifs is 1. The van der Waals surface area contributed by atoms with Gasteiger partial charge in [-0.1, -0.05) is 32.9 Å². The lowest BCUT2D eigenvalue weighted by Gasteiger charge is -2.17. The molecule has 0 aliphatic rings. The summed E-state index contributed by atoms with van der Waals surface area (Å²) in [6.45, 7) is 5.37. The molecule has 7 heteroatoms. The molecule has 0 spiro atoms. The molecule has 0 bridgehead atoms. The molecule has 0 unspecified atom stereocenters. The van der Waals surface area contributed by atoms with Gasteiger partial charge in [-0.15, -0.1) is 11.3 Å². The van der Waals surface area contributed by atoms with Gasteiger partial charge < -0.3 is 10.6 Å². The Kier molecular flexibility index (Phi) is 4.59. The van der Waals surface area contributed by atoms with Crippen molar-refractivity contribution in [3.63, 3.8) is 0 Å². The van der Waals surface area contributed by atoms with Crippen molar-refractivity contribution in [1.82, 2.24) is 14.7 Å². The van der Waals surface area contributed by atoms with Crippen LogP contribution < -0.4 is 10.6 Å². The highest BCUT2D eigenvalue weighted by atomic mass is 32.1. The van der Waals surface area contributed by atoms with Crippen molar-refractivity contribution in [3.05, 3.63) is 42.0 Å². The maximum atomic E-state index is 11.9. The van der Waals surface area contributed by atoms with Crippen LogP contribution in [0.2, 0.25) is 0 Å². The molecule has 0 radical (unpaired) electrons. The van der Waals surface area contributed by atoms with Crippen molar-refractivity contribution in [2.75, 3.05) is 11.9 Å². The number of carbonyl (C=O) groups is 2. The first-order valence-corrected chi connectivity index (χ1v) is 8.82. The minimum absolute atomic E-state index is 0.0464. The Morgan fingerprint density at radius 3 is 2.56 bits per heavy atom. The van der Waals surface area contributed by atoms with Crippen molar-refractivity contribution >= 4 is 33.8 Å². The second-order valence-electron chi connectivity index (χ2n) is 6.78. The zero-order chi connectivity index (χ0) is 18.0. The molecule has 0 atom stereocenters. The van der Waals surface area contributed by atoms with Crippen LogP contribution >= 0.6 is 11.3 Å². The maximum Gasteiger partial charge on any atom is 0.243 e. The van der Waals surface area contributed by atoms with Crippen molar-refractivity contribution in [1.29, 1.82) is 0 Å². The van der Waals surface area contributed by atoms with E-state index in [1.54, 1.807) is 32.1 Å². The summed E-state index contributed by atoms with van der Waals surface area (Å²) in [5, 5.41) is 7.39. The molecule has 3 rings (SSSR count). The second-order valence-corrected chi connectivity index (χ2v) is 7.65. The Labute approximate surface area is 149 Å². The molecule has 25 heavy (non-hydrogen) atoms. The largest absolute Gasteiger partial charge is 0.347 e. The molecular formula is C18H20N4O2S. The highest BCUT2D eigenvalue weighted by molar-refractivity contribution is 7.15. The SMILES string of the molecule is CC(C)(C)C(=O)NCC(=O)Nc1ccc(-c2cn3ccsc3n2)cc1. The van der Waals surface area contributed by atoms with E-state index in [0.29, 0.717) is 5.69 Å². The van der Waals surface area contributed by atoms with Crippen molar-refractivity contribution in [2.45, 2.75) is 20.8 Å². The van der Waals surface area contributed by atoms with E-state index in [9.17, 15) is 9.59 Å². The molecule has 0 aliphatic heterocycles. The third-order valence-corrected chi connectivity index (χ3v) is 4.42. The van der Waals surface area contributed by atoms with Crippen LogP contribution in [0.25, 0.3) is 16.2 Å². The van der Waals surface area contributed by atoms with Crippen LogP contribution in [-0.4, -0.2) is 27.7 Å². The van der Waals surface area contributed by atoms with E-state index in [-0.39, 0.29) is 18.4 Å². The maximum absolute atomic E-state index is 11.9. The summed E-state index contributed by atoms with van der Waals surface area (Å²) in [4.78, 5) is 29.2. The van der Waals surface area contributed by atoms with Gasteiger partial charge in [0.05, 0.1) is 12.2 Å². The number of thiazole rings is 1. The quantitative estimate of drug-likeness (QED) is 0.754. The van der Waals surface area contributed by atoms with E-state index in [0.717, 1.165) is 16.2 Å². The first kappa shape index (κ1) is 17.2. The summed E-state index contributed by atoms with van der Waals surface area (Å²) in [5.41, 5.74) is 2.04. The number of nitrogens with zero attached hydrogens (tertiary/aromatic N) is 2. The van der Waals surface area contributed by atoms with E-state index in [4.69, 9.17) is 0 Å². The molecule has 2 aromatic heterocycles. The Hall–Kier alpha value is -2.67. The van der Waals surface area contributed by atoms with Gasteiger partial charge in [-0.2, -0.15) is 0 Å². The smallest absolute Gasteiger partial charge is 0.243 e. The zero-order valence-electron chi connectivity index (χ0n) is 14.4. The highest BCUT2D eigenvalue weighted by Gasteiger charge is 2.21. The first-order chi connectivity index (χ1) is 11.8. The van der Waals surface area contributed by atoms with Crippen LogP contribution in [0.5, 0.6) is 0 Å². The molecule has 0 aliphatic carbocycles. The fourth-order valence-corrected chi connectivity index (χ4v) is 2.92. The van der Waals surface area contributed by atoms with E-state index < -0.39 is 5.41 Å². The fraction of sp³-hybridized carbons (Fsp3) is 0.278. The Balaban J connectivity index is 1.60. The summed E-state index contributed by atoms with van der Waals surface area (Å²) in [6.07, 6.45) is 3.94. The van der Waals surface area contributed by atoms with Crippen molar-refractivity contribution in [2.24, 2.45) is 5.41 Å². The molecule has 2 heterocycles. The molecule has 0 fully saturated rings. The van der Waals surface area contributed by atoms with E-state index in [1.165, 1.54) is 0 Å². The van der Waals surface area contributed by atoms with Gasteiger partial charge in [-0.3, -0.25) is 14.0 Å². The van der Waals surface area contributed by atoms with Gasteiger partial charge in [0.25, 0.3) is 0 Å². The molecule has 0 saturated heterocycles. The first-order valence-electron chi connectivity index (χ1n) is 7.94. The number of imidazole rings is 1. The lowest BCUT2D eigenvalue weighted by molar-refractivity contribution is -0.130. The number of anilines is 1. The van der Waals surface area contributed by atoms with Gasteiger partial charge >= 0.3 is 0 Å². The van der Waals surface area contributed by atoms with Gasteiger partial charge in [0.2, 0.25) is 11.8 Å². The van der Waals surface area contributed by atoms with Gasteiger partial charge in [0, 0.05) is 34.4 Å². The lowest BCUT2D eigenvalue weighted by atomic mass is 9.96. The lowest BCUT2D eigenvalue weighted by Crippen LogP contribution is -2.39. The average molecular weight is 356 g/mol. The Bertz CT molecular complexity index is 875. The van der Waals surface area contributed by atoms with Crippen LogP contribution in [0, 0.1) is 5.41 Å². The summed E-state index contributed by atoms with van der Waals surface area (Å²) in [5.74, 6) is -0.411. The molecule has 2 amide bonds. The molecular weight excluding hydrogens is 336 g/mol. The monoisotopic (exact) mass is 356 g/mol.